The Hall–Kier alpha value is -2.45. The summed E-state index contributed by atoms with van der Waals surface area (Å²) in [4.78, 5) is 32.9. The summed E-state index contributed by atoms with van der Waals surface area (Å²) in [5, 5.41) is 9.16. The predicted octanol–water partition coefficient (Wildman–Crippen LogP) is 1.36. The minimum atomic E-state index is -0.786. The molecule has 2 fully saturated rings. The number of carboxylic acid groups (broad SMARTS) is 1. The van der Waals surface area contributed by atoms with Crippen LogP contribution in [0.1, 0.15) is 29.8 Å². The number of aromatic nitrogens is 2. The third kappa shape index (κ3) is 3.88. The van der Waals surface area contributed by atoms with Gasteiger partial charge in [-0.3, -0.25) is 18.9 Å². The molecule has 4 rings (SSSR count). The molecule has 8 nitrogen and oxygen atoms in total. The van der Waals surface area contributed by atoms with E-state index in [1.54, 1.807) is 6.20 Å². The van der Waals surface area contributed by atoms with Gasteiger partial charge in [-0.1, -0.05) is 6.07 Å². The zero-order chi connectivity index (χ0) is 19.5. The Kier molecular flexibility index (Phi) is 5.59. The Balaban J connectivity index is 1.51. The number of morpholine rings is 1. The van der Waals surface area contributed by atoms with E-state index in [0.717, 1.165) is 25.2 Å². The molecule has 0 aliphatic carbocycles. The summed E-state index contributed by atoms with van der Waals surface area (Å²) in [5.74, 6) is -0.684. The van der Waals surface area contributed by atoms with E-state index in [2.05, 4.69) is 9.88 Å². The first-order chi connectivity index (χ1) is 13.6. The average Bonchev–Trinajstić information content (AvgIpc) is 3.16. The largest absolute Gasteiger partial charge is 0.481 e. The number of carbonyl (C=O) groups is 2. The SMILES string of the molecule is O=C(O)CC[C@@H]1CN(C(=O)c2cnc3ccccn23)CC[C@@H]1N1CCOCC1. The molecule has 0 aromatic carbocycles. The Morgan fingerprint density at radius 2 is 2.04 bits per heavy atom. The predicted molar refractivity (Wildman–Crippen MR) is 102 cm³/mol. The van der Waals surface area contributed by atoms with Crippen molar-refractivity contribution in [2.45, 2.75) is 25.3 Å². The monoisotopic (exact) mass is 386 g/mol. The van der Waals surface area contributed by atoms with Crippen LogP contribution in [0.15, 0.2) is 30.6 Å². The van der Waals surface area contributed by atoms with E-state index in [0.29, 0.717) is 44.5 Å². The summed E-state index contributed by atoms with van der Waals surface area (Å²) in [7, 11) is 0. The molecule has 1 amide bonds. The van der Waals surface area contributed by atoms with Crippen molar-refractivity contribution in [2.75, 3.05) is 39.4 Å². The normalized spacial score (nSPS) is 23.8. The van der Waals surface area contributed by atoms with E-state index in [4.69, 9.17) is 9.84 Å². The number of ether oxygens (including phenoxy) is 1. The second-order valence-electron chi connectivity index (χ2n) is 7.52. The van der Waals surface area contributed by atoms with Crippen LogP contribution in [0.25, 0.3) is 5.65 Å². The zero-order valence-corrected chi connectivity index (χ0v) is 15.9. The number of imidazole rings is 1. The Morgan fingerprint density at radius 1 is 1.21 bits per heavy atom. The molecule has 0 bridgehead atoms. The van der Waals surface area contributed by atoms with E-state index in [1.807, 2.05) is 33.7 Å². The van der Waals surface area contributed by atoms with Crippen LogP contribution in [0.4, 0.5) is 0 Å². The number of hydrogen-bond acceptors (Lipinski definition) is 5. The Bertz CT molecular complexity index is 846. The summed E-state index contributed by atoms with van der Waals surface area (Å²) in [6, 6.07) is 5.95. The van der Waals surface area contributed by atoms with Gasteiger partial charge in [0.05, 0.1) is 19.4 Å². The van der Waals surface area contributed by atoms with Crippen molar-refractivity contribution in [2.24, 2.45) is 5.92 Å². The highest BCUT2D eigenvalue weighted by molar-refractivity contribution is 5.93. The molecule has 2 atom stereocenters. The number of likely N-dealkylation sites (tertiary alicyclic amines) is 1. The fraction of sp³-hybridized carbons (Fsp3) is 0.550. The van der Waals surface area contributed by atoms with E-state index < -0.39 is 5.97 Å². The van der Waals surface area contributed by atoms with Crippen molar-refractivity contribution < 1.29 is 19.4 Å². The number of nitrogens with zero attached hydrogens (tertiary/aromatic N) is 4. The highest BCUT2D eigenvalue weighted by Crippen LogP contribution is 2.28. The van der Waals surface area contributed by atoms with Crippen LogP contribution in [-0.2, 0) is 9.53 Å². The van der Waals surface area contributed by atoms with E-state index in [-0.39, 0.29) is 18.2 Å². The van der Waals surface area contributed by atoms with Crippen molar-refractivity contribution in [3.05, 3.63) is 36.3 Å². The van der Waals surface area contributed by atoms with Crippen LogP contribution in [0.2, 0.25) is 0 Å². The number of piperidine rings is 1. The number of carbonyl (C=O) groups excluding carboxylic acids is 1. The average molecular weight is 386 g/mol. The van der Waals surface area contributed by atoms with Gasteiger partial charge in [-0.15, -0.1) is 0 Å². The molecular formula is C20H26N4O4. The minimum Gasteiger partial charge on any atom is -0.481 e. The molecule has 0 saturated carbocycles. The summed E-state index contributed by atoms with van der Waals surface area (Å²) >= 11 is 0. The standard InChI is InChI=1S/C20H26N4O4/c25-19(26)5-4-15-14-23(8-6-16(15)22-9-11-28-12-10-22)20(27)17-13-21-18-3-1-2-7-24(17)18/h1-3,7,13,15-16H,4-6,8-12,14H2,(H,25,26)/t15-,16+/m1/s1. The van der Waals surface area contributed by atoms with Crippen molar-refractivity contribution >= 4 is 17.5 Å². The van der Waals surface area contributed by atoms with Gasteiger partial charge in [0.25, 0.3) is 5.91 Å². The lowest BCUT2D eigenvalue weighted by atomic mass is 9.86. The van der Waals surface area contributed by atoms with Gasteiger partial charge >= 0.3 is 5.97 Å². The smallest absolute Gasteiger partial charge is 0.303 e. The van der Waals surface area contributed by atoms with Gasteiger partial charge in [-0.05, 0) is 30.9 Å². The van der Waals surface area contributed by atoms with Gasteiger partial charge in [-0.2, -0.15) is 0 Å². The van der Waals surface area contributed by atoms with Crippen LogP contribution in [0, 0.1) is 5.92 Å². The molecular weight excluding hydrogens is 360 g/mol. The number of carboxylic acids is 1. The number of hydrogen-bond donors (Lipinski definition) is 1. The van der Waals surface area contributed by atoms with Crippen LogP contribution < -0.4 is 0 Å². The summed E-state index contributed by atoms with van der Waals surface area (Å²) < 4.78 is 7.27. The van der Waals surface area contributed by atoms with Gasteiger partial charge < -0.3 is 14.7 Å². The van der Waals surface area contributed by atoms with Gasteiger partial charge in [0.2, 0.25) is 0 Å². The van der Waals surface area contributed by atoms with Crippen molar-refractivity contribution in [1.29, 1.82) is 0 Å². The molecule has 2 aromatic heterocycles. The Labute approximate surface area is 163 Å². The van der Waals surface area contributed by atoms with Crippen LogP contribution >= 0.6 is 0 Å². The number of aliphatic carboxylic acids is 1. The lowest BCUT2D eigenvalue weighted by molar-refractivity contribution is -0.137. The maximum absolute atomic E-state index is 13.2. The lowest BCUT2D eigenvalue weighted by Gasteiger charge is -2.45. The molecule has 1 N–H and O–H groups in total. The molecule has 0 unspecified atom stereocenters. The summed E-state index contributed by atoms with van der Waals surface area (Å²) in [6.45, 7) is 4.42. The second-order valence-corrected chi connectivity index (χ2v) is 7.52. The minimum absolute atomic E-state index is 0.0422. The fourth-order valence-corrected chi connectivity index (χ4v) is 4.44. The first-order valence-corrected chi connectivity index (χ1v) is 9.88. The molecule has 0 spiro atoms. The highest BCUT2D eigenvalue weighted by Gasteiger charge is 2.36. The highest BCUT2D eigenvalue weighted by atomic mass is 16.5. The van der Waals surface area contributed by atoms with Gasteiger partial charge in [0.15, 0.2) is 0 Å². The van der Waals surface area contributed by atoms with Crippen molar-refractivity contribution in [3.63, 3.8) is 0 Å². The number of pyridine rings is 1. The fourth-order valence-electron chi connectivity index (χ4n) is 4.44. The zero-order valence-electron chi connectivity index (χ0n) is 15.9. The maximum Gasteiger partial charge on any atom is 0.303 e. The van der Waals surface area contributed by atoms with Gasteiger partial charge in [0, 0.05) is 44.8 Å². The van der Waals surface area contributed by atoms with Crippen LogP contribution in [-0.4, -0.2) is 81.6 Å². The molecule has 2 aromatic rings. The third-order valence-corrected chi connectivity index (χ3v) is 5.86. The maximum atomic E-state index is 13.2. The second kappa shape index (κ2) is 8.28. The summed E-state index contributed by atoms with van der Waals surface area (Å²) in [6.07, 6.45) is 5.03. The van der Waals surface area contributed by atoms with E-state index in [1.165, 1.54) is 0 Å². The first kappa shape index (κ1) is 18.9. The molecule has 2 aliphatic rings. The topological polar surface area (TPSA) is 87.4 Å². The molecule has 0 radical (unpaired) electrons. The third-order valence-electron chi connectivity index (χ3n) is 5.86. The van der Waals surface area contributed by atoms with E-state index >= 15 is 0 Å². The quantitative estimate of drug-likeness (QED) is 0.835. The summed E-state index contributed by atoms with van der Waals surface area (Å²) in [5.41, 5.74) is 1.30. The van der Waals surface area contributed by atoms with Crippen molar-refractivity contribution in [3.8, 4) is 0 Å². The van der Waals surface area contributed by atoms with Crippen molar-refractivity contribution in [1.82, 2.24) is 19.2 Å². The molecule has 8 heteroatoms. The van der Waals surface area contributed by atoms with Gasteiger partial charge in [-0.25, -0.2) is 4.98 Å². The molecule has 4 heterocycles. The van der Waals surface area contributed by atoms with Crippen LogP contribution in [0.3, 0.4) is 0 Å². The number of rotatable bonds is 5. The molecule has 150 valence electrons. The van der Waals surface area contributed by atoms with Gasteiger partial charge in [0.1, 0.15) is 11.3 Å². The molecule has 2 aliphatic heterocycles. The van der Waals surface area contributed by atoms with E-state index in [9.17, 15) is 9.59 Å². The molecule has 2 saturated heterocycles. The number of amides is 1. The lowest BCUT2D eigenvalue weighted by Crippen LogP contribution is -2.55. The molecule has 28 heavy (non-hydrogen) atoms. The Morgan fingerprint density at radius 3 is 2.82 bits per heavy atom. The first-order valence-electron chi connectivity index (χ1n) is 9.88. The van der Waals surface area contributed by atoms with Crippen LogP contribution in [0.5, 0.6) is 0 Å². The number of fused-ring (bicyclic) bond motifs is 1.